The molecule has 0 saturated carbocycles. The lowest BCUT2D eigenvalue weighted by Crippen LogP contribution is -2.33. The van der Waals surface area contributed by atoms with Gasteiger partial charge in [0, 0.05) is 22.4 Å². The summed E-state index contributed by atoms with van der Waals surface area (Å²) < 4.78 is 0. The minimum Gasteiger partial charge on any atom is -0.310 e. The Morgan fingerprint density at radius 3 is 1.87 bits per heavy atom. The molecule has 0 atom stereocenters. The van der Waals surface area contributed by atoms with Crippen LogP contribution in [0.25, 0.3) is 61.4 Å². The largest absolute Gasteiger partial charge is 0.310 e. The van der Waals surface area contributed by atoms with Crippen LogP contribution in [-0.4, -0.2) is 0 Å². The van der Waals surface area contributed by atoms with Crippen molar-refractivity contribution in [2.45, 2.75) is 44.9 Å². The van der Waals surface area contributed by atoms with Crippen LogP contribution in [0.2, 0.25) is 0 Å². The van der Waals surface area contributed by atoms with Crippen molar-refractivity contribution in [3.8, 4) is 33.4 Å². The number of hydrogen-bond donors (Lipinski definition) is 0. The van der Waals surface area contributed by atoms with Crippen molar-refractivity contribution in [1.29, 1.82) is 0 Å². The lowest BCUT2D eigenvalue weighted by molar-refractivity contribution is 0.660. The fourth-order valence-electron chi connectivity index (χ4n) is 10.1. The van der Waals surface area contributed by atoms with Gasteiger partial charge in [0.1, 0.15) is 0 Å². The van der Waals surface area contributed by atoms with Crippen LogP contribution in [0.4, 0.5) is 17.1 Å². The highest BCUT2D eigenvalue weighted by Crippen LogP contribution is 2.50. The molecule has 0 fully saturated rings. The Balaban J connectivity index is 1.05. The Morgan fingerprint density at radius 2 is 1.10 bits per heavy atom. The summed E-state index contributed by atoms with van der Waals surface area (Å²) in [7, 11) is 0. The van der Waals surface area contributed by atoms with E-state index in [0.717, 1.165) is 37.1 Å². The summed E-state index contributed by atoms with van der Waals surface area (Å²) in [5.74, 6) is 0. The molecule has 288 valence electrons. The van der Waals surface area contributed by atoms with Gasteiger partial charge in [0.15, 0.2) is 0 Å². The van der Waals surface area contributed by atoms with Gasteiger partial charge in [-0.1, -0.05) is 172 Å². The van der Waals surface area contributed by atoms with Crippen LogP contribution in [0.5, 0.6) is 0 Å². The zero-order chi connectivity index (χ0) is 40.2. The van der Waals surface area contributed by atoms with E-state index in [-0.39, 0.29) is 5.41 Å². The number of fused-ring (bicyclic) bond motifs is 5. The Labute approximate surface area is 353 Å². The number of allylic oxidation sites excluding steroid dienone is 4. The first kappa shape index (κ1) is 36.1. The highest BCUT2D eigenvalue weighted by Gasteiger charge is 2.35. The van der Waals surface area contributed by atoms with Gasteiger partial charge in [-0.3, -0.25) is 0 Å². The summed E-state index contributed by atoms with van der Waals surface area (Å²) in [5.41, 5.74) is 19.3. The molecule has 3 aliphatic rings. The standard InChI is InChI=1S/C59H47N/c1-59(2)55-24-10-8-20-51(55)52-37-32-47(39-56(52)59)42-30-35-49(36-31-42)60(48-33-28-41(29-34-48)46-27-26-40-14-6-7-17-45(40)38-46)57-25-11-9-21-53(57)54-23-13-19-44-18-12-22-50(58(44)54)43-15-4-3-5-16-43/h3-4,6-12,14-15,17-22,24-39H,5,13,16,23H2,1-2H3. The van der Waals surface area contributed by atoms with Gasteiger partial charge in [-0.05, 0) is 151 Å². The predicted octanol–water partition coefficient (Wildman–Crippen LogP) is 14.5. The highest BCUT2D eigenvalue weighted by molar-refractivity contribution is 5.91. The van der Waals surface area contributed by atoms with E-state index in [1.54, 1.807) is 0 Å². The average Bonchev–Trinajstić information content (AvgIpc) is 3.54. The molecule has 60 heavy (non-hydrogen) atoms. The number of rotatable bonds is 7. The van der Waals surface area contributed by atoms with Crippen molar-refractivity contribution >= 4 is 45.1 Å². The lowest BCUT2D eigenvalue weighted by atomic mass is 9.81. The second-order valence-corrected chi connectivity index (χ2v) is 17.1. The molecule has 0 spiro atoms. The highest BCUT2D eigenvalue weighted by atomic mass is 15.1. The second-order valence-electron chi connectivity index (χ2n) is 17.1. The van der Waals surface area contributed by atoms with Crippen molar-refractivity contribution < 1.29 is 0 Å². The number of anilines is 3. The van der Waals surface area contributed by atoms with E-state index in [4.69, 9.17) is 0 Å². The summed E-state index contributed by atoms with van der Waals surface area (Å²) in [5, 5.41) is 5.25. The van der Waals surface area contributed by atoms with E-state index >= 15 is 0 Å². The van der Waals surface area contributed by atoms with Gasteiger partial charge in [0.2, 0.25) is 0 Å². The third-order valence-electron chi connectivity index (χ3n) is 13.2. The van der Waals surface area contributed by atoms with Crippen molar-refractivity contribution in [3.63, 3.8) is 0 Å². The van der Waals surface area contributed by atoms with Crippen molar-refractivity contribution in [1.82, 2.24) is 0 Å². The zero-order valence-corrected chi connectivity index (χ0v) is 34.3. The Hall–Kier alpha value is -6.96. The molecule has 8 aromatic rings. The minimum absolute atomic E-state index is 0.0430. The molecule has 0 amide bonds. The van der Waals surface area contributed by atoms with Crippen molar-refractivity contribution in [2.24, 2.45) is 0 Å². The Kier molecular flexibility index (Phi) is 8.85. The maximum atomic E-state index is 2.47. The maximum Gasteiger partial charge on any atom is 0.0536 e. The molecular formula is C59H47N. The van der Waals surface area contributed by atoms with Crippen molar-refractivity contribution in [3.05, 3.63) is 227 Å². The van der Waals surface area contributed by atoms with Gasteiger partial charge in [-0.2, -0.15) is 0 Å². The summed E-state index contributed by atoms with van der Waals surface area (Å²) in [6.07, 6.45) is 13.4. The van der Waals surface area contributed by atoms with Gasteiger partial charge >= 0.3 is 0 Å². The Bertz CT molecular complexity index is 3160. The number of hydrogen-bond acceptors (Lipinski definition) is 1. The van der Waals surface area contributed by atoms with Crippen LogP contribution < -0.4 is 15.3 Å². The fourth-order valence-corrected chi connectivity index (χ4v) is 10.1. The summed E-state index contributed by atoms with van der Waals surface area (Å²) in [6.45, 7) is 4.72. The van der Waals surface area contributed by atoms with Crippen LogP contribution in [0.15, 0.2) is 194 Å². The fraction of sp³-hybridized carbons (Fsp3) is 0.119. The molecule has 0 bridgehead atoms. The van der Waals surface area contributed by atoms with E-state index in [1.807, 2.05) is 0 Å². The van der Waals surface area contributed by atoms with Gasteiger partial charge in [0.05, 0.1) is 5.69 Å². The molecule has 1 nitrogen and oxygen atoms in total. The van der Waals surface area contributed by atoms with Gasteiger partial charge in [0.25, 0.3) is 0 Å². The molecule has 11 rings (SSSR count). The molecular weight excluding hydrogens is 723 g/mol. The molecule has 1 heteroatoms. The van der Waals surface area contributed by atoms with Crippen LogP contribution in [0.3, 0.4) is 0 Å². The molecule has 0 heterocycles. The van der Waals surface area contributed by atoms with Crippen molar-refractivity contribution in [2.75, 3.05) is 4.90 Å². The first-order valence-electron chi connectivity index (χ1n) is 21.5. The topological polar surface area (TPSA) is 3.24 Å². The minimum atomic E-state index is -0.0430. The molecule has 0 aliphatic heterocycles. The molecule has 0 radical (unpaired) electrons. The molecule has 0 unspecified atom stereocenters. The molecule has 0 saturated heterocycles. The van der Waals surface area contributed by atoms with Gasteiger partial charge in [-0.15, -0.1) is 0 Å². The van der Waals surface area contributed by atoms with E-state index in [2.05, 4.69) is 219 Å². The van der Waals surface area contributed by atoms with E-state index in [0.29, 0.717) is 0 Å². The average molecular weight is 770 g/mol. The SMILES string of the molecule is CC1(C)c2ccccc2-c2ccc(-c3ccc(N(c4ccc(-c5ccc6ccccc6c5)cc4)c4ccccc4C4=c5c(C6=CC=CCC6)cccc5=CCC4)cc3)cc21. The van der Waals surface area contributed by atoms with E-state index < -0.39 is 0 Å². The lowest BCUT2D eigenvalue weighted by Gasteiger charge is -2.29. The Morgan fingerprint density at radius 1 is 0.467 bits per heavy atom. The van der Waals surface area contributed by atoms with Crippen LogP contribution in [0.1, 0.15) is 61.8 Å². The summed E-state index contributed by atoms with van der Waals surface area (Å²) in [4.78, 5) is 2.47. The molecule has 0 aromatic heterocycles. The van der Waals surface area contributed by atoms with E-state index in [9.17, 15) is 0 Å². The molecule has 0 N–H and O–H groups in total. The monoisotopic (exact) mass is 769 g/mol. The second kappa shape index (κ2) is 14.7. The first-order valence-corrected chi connectivity index (χ1v) is 21.5. The zero-order valence-electron chi connectivity index (χ0n) is 34.3. The quantitative estimate of drug-likeness (QED) is 0.156. The third-order valence-corrected chi connectivity index (χ3v) is 13.2. The van der Waals surface area contributed by atoms with Crippen LogP contribution in [0, 0.1) is 0 Å². The molecule has 3 aliphatic carbocycles. The normalized spacial score (nSPS) is 14.8. The predicted molar refractivity (Wildman–Crippen MR) is 255 cm³/mol. The summed E-state index contributed by atoms with van der Waals surface area (Å²) in [6, 6.07) is 65.7. The van der Waals surface area contributed by atoms with Crippen LogP contribution in [-0.2, 0) is 5.41 Å². The summed E-state index contributed by atoms with van der Waals surface area (Å²) >= 11 is 0. The number of nitrogens with zero attached hydrogens (tertiary/aromatic N) is 1. The van der Waals surface area contributed by atoms with Gasteiger partial charge < -0.3 is 4.90 Å². The smallest absolute Gasteiger partial charge is 0.0536 e. The first-order chi connectivity index (χ1) is 29.5. The van der Waals surface area contributed by atoms with Gasteiger partial charge in [-0.25, -0.2) is 0 Å². The van der Waals surface area contributed by atoms with Crippen LogP contribution >= 0.6 is 0 Å². The molecule has 8 aromatic carbocycles. The number of para-hydroxylation sites is 1. The van der Waals surface area contributed by atoms with E-state index in [1.165, 1.54) is 93.7 Å². The third kappa shape index (κ3) is 6.16. The maximum absolute atomic E-state index is 2.47. The number of benzene rings is 8.